The summed E-state index contributed by atoms with van der Waals surface area (Å²) in [6, 6.07) is 1.82. The molecule has 0 N–H and O–H groups in total. The molecule has 0 amide bonds. The predicted molar refractivity (Wildman–Crippen MR) is 124 cm³/mol. The highest BCUT2D eigenvalue weighted by atomic mass is 35.5. The summed E-state index contributed by atoms with van der Waals surface area (Å²) in [4.78, 5) is 11.7. The van der Waals surface area contributed by atoms with Crippen LogP contribution in [-0.2, 0) is 24.6 Å². The molecule has 0 atom stereocenters. The van der Waals surface area contributed by atoms with E-state index in [1.165, 1.54) is 12.8 Å². The molecule has 10 heteroatoms. The molecule has 0 spiro atoms. The smallest absolute Gasteiger partial charge is 0.244 e. The summed E-state index contributed by atoms with van der Waals surface area (Å²) >= 11 is 6.42. The Bertz CT molecular complexity index is 1040. The van der Waals surface area contributed by atoms with Crippen molar-refractivity contribution in [3.63, 3.8) is 0 Å². The molecular formula is C22H32ClN7O2. The lowest BCUT2D eigenvalue weighted by Crippen LogP contribution is -2.19. The molecular weight excluding hydrogens is 430 g/mol. The van der Waals surface area contributed by atoms with E-state index in [4.69, 9.17) is 31.0 Å². The number of halogens is 1. The summed E-state index contributed by atoms with van der Waals surface area (Å²) in [7, 11) is 1.94. The van der Waals surface area contributed by atoms with Crippen molar-refractivity contribution in [2.45, 2.75) is 52.4 Å². The van der Waals surface area contributed by atoms with Gasteiger partial charge in [-0.25, -0.2) is 9.50 Å². The van der Waals surface area contributed by atoms with Crippen molar-refractivity contribution in [2.75, 3.05) is 37.8 Å². The number of hydrogen-bond donors (Lipinski definition) is 0. The zero-order valence-electron chi connectivity index (χ0n) is 19.2. The number of rotatable bonds is 11. The van der Waals surface area contributed by atoms with Crippen molar-refractivity contribution in [3.05, 3.63) is 28.4 Å². The van der Waals surface area contributed by atoms with Crippen LogP contribution in [0.5, 0.6) is 5.75 Å². The van der Waals surface area contributed by atoms with Gasteiger partial charge in [-0.05, 0) is 26.2 Å². The largest absolute Gasteiger partial charge is 0.489 e. The summed E-state index contributed by atoms with van der Waals surface area (Å²) in [6.45, 7) is 8.09. The lowest BCUT2D eigenvalue weighted by molar-refractivity contribution is 0.120. The Kier molecular flexibility index (Phi) is 7.47. The van der Waals surface area contributed by atoms with Gasteiger partial charge in [-0.1, -0.05) is 18.5 Å². The van der Waals surface area contributed by atoms with Crippen molar-refractivity contribution in [1.82, 2.24) is 29.4 Å². The van der Waals surface area contributed by atoms with E-state index in [0.717, 1.165) is 55.8 Å². The molecule has 3 aromatic rings. The Morgan fingerprint density at radius 2 is 1.88 bits per heavy atom. The average Bonchev–Trinajstić information content (AvgIpc) is 3.52. The fourth-order valence-corrected chi connectivity index (χ4v) is 4.01. The third-order valence-corrected chi connectivity index (χ3v) is 6.02. The van der Waals surface area contributed by atoms with Crippen LogP contribution in [-0.4, -0.2) is 62.3 Å². The van der Waals surface area contributed by atoms with Gasteiger partial charge >= 0.3 is 0 Å². The molecule has 1 aliphatic heterocycles. The fraction of sp³-hybridized carbons (Fsp3) is 0.636. The van der Waals surface area contributed by atoms with Gasteiger partial charge in [-0.2, -0.15) is 10.1 Å². The maximum atomic E-state index is 6.42. The van der Waals surface area contributed by atoms with Gasteiger partial charge in [-0.15, -0.1) is 5.10 Å². The summed E-state index contributed by atoms with van der Waals surface area (Å²) < 4.78 is 15.1. The average molecular weight is 462 g/mol. The first-order valence-corrected chi connectivity index (χ1v) is 11.8. The predicted octanol–water partition coefficient (Wildman–Crippen LogP) is 3.40. The molecule has 174 valence electrons. The molecule has 1 aliphatic rings. The number of fused-ring (bicyclic) bond motifs is 1. The summed E-state index contributed by atoms with van der Waals surface area (Å²) in [5.41, 5.74) is 1.53. The number of anilines is 1. The Hall–Kier alpha value is -2.39. The lowest BCUT2D eigenvalue weighted by Gasteiger charge is -2.10. The highest BCUT2D eigenvalue weighted by Crippen LogP contribution is 2.27. The second-order valence-corrected chi connectivity index (χ2v) is 8.57. The van der Waals surface area contributed by atoms with Crippen molar-refractivity contribution in [1.29, 1.82) is 0 Å². The van der Waals surface area contributed by atoms with Crippen LogP contribution in [0, 0.1) is 6.92 Å². The number of ether oxygens (including phenoxy) is 2. The lowest BCUT2D eigenvalue weighted by atomic mass is 10.3. The second-order valence-electron chi connectivity index (χ2n) is 8.17. The van der Waals surface area contributed by atoms with Gasteiger partial charge < -0.3 is 14.4 Å². The maximum Gasteiger partial charge on any atom is 0.244 e. The number of aromatic nitrogens is 6. The van der Waals surface area contributed by atoms with Gasteiger partial charge in [0.05, 0.1) is 17.3 Å². The summed E-state index contributed by atoms with van der Waals surface area (Å²) in [5, 5.41) is 9.87. The quantitative estimate of drug-likeness (QED) is 0.404. The van der Waals surface area contributed by atoms with E-state index in [2.05, 4.69) is 22.0 Å². The molecule has 9 nitrogen and oxygen atoms in total. The SMILES string of the molecule is CCCOCCCOc1cc(Cl)c(C)n2nc(CCc3nc(N4CCCC4)nn3C)nc12. The van der Waals surface area contributed by atoms with Gasteiger partial charge in [0.1, 0.15) is 5.82 Å². The van der Waals surface area contributed by atoms with Crippen LogP contribution in [0.1, 0.15) is 49.9 Å². The van der Waals surface area contributed by atoms with Gasteiger partial charge in [0.15, 0.2) is 17.2 Å². The Balaban J connectivity index is 1.44. The number of hydrogen-bond acceptors (Lipinski definition) is 7. The zero-order valence-corrected chi connectivity index (χ0v) is 19.9. The molecule has 4 rings (SSSR count). The van der Waals surface area contributed by atoms with Gasteiger partial charge in [0, 0.05) is 58.7 Å². The Morgan fingerprint density at radius 1 is 1.06 bits per heavy atom. The first kappa shape index (κ1) is 22.8. The minimum absolute atomic E-state index is 0.541. The number of nitrogens with zero attached hydrogens (tertiary/aromatic N) is 7. The van der Waals surface area contributed by atoms with E-state index in [9.17, 15) is 0 Å². The van der Waals surface area contributed by atoms with E-state index in [-0.39, 0.29) is 0 Å². The van der Waals surface area contributed by atoms with Crippen LogP contribution in [0.15, 0.2) is 6.07 Å². The molecule has 0 aliphatic carbocycles. The van der Waals surface area contributed by atoms with Crippen LogP contribution >= 0.6 is 11.6 Å². The monoisotopic (exact) mass is 461 g/mol. The zero-order chi connectivity index (χ0) is 22.5. The van der Waals surface area contributed by atoms with Crippen LogP contribution in [0.3, 0.4) is 0 Å². The van der Waals surface area contributed by atoms with Gasteiger partial charge in [-0.3, -0.25) is 4.68 Å². The van der Waals surface area contributed by atoms with Crippen molar-refractivity contribution in [3.8, 4) is 5.75 Å². The van der Waals surface area contributed by atoms with E-state index in [1.807, 2.05) is 24.7 Å². The highest BCUT2D eigenvalue weighted by molar-refractivity contribution is 6.31. The minimum Gasteiger partial charge on any atom is -0.489 e. The summed E-state index contributed by atoms with van der Waals surface area (Å²) in [5.74, 6) is 3.13. The molecule has 1 saturated heterocycles. The van der Waals surface area contributed by atoms with Gasteiger partial charge in [0.25, 0.3) is 0 Å². The molecule has 1 fully saturated rings. The van der Waals surface area contributed by atoms with E-state index < -0.39 is 0 Å². The number of pyridine rings is 1. The number of aryl methyl sites for hydroxylation is 4. The molecule has 4 heterocycles. The topological polar surface area (TPSA) is 82.6 Å². The highest BCUT2D eigenvalue weighted by Gasteiger charge is 2.19. The normalized spacial score (nSPS) is 14.1. The molecule has 0 saturated carbocycles. The van der Waals surface area contributed by atoms with Crippen LogP contribution in [0.25, 0.3) is 5.65 Å². The first-order chi connectivity index (χ1) is 15.6. The molecule has 0 bridgehead atoms. The second kappa shape index (κ2) is 10.5. The fourth-order valence-electron chi connectivity index (χ4n) is 3.83. The molecule has 32 heavy (non-hydrogen) atoms. The maximum absolute atomic E-state index is 6.42. The molecule has 0 radical (unpaired) electrons. The minimum atomic E-state index is 0.541. The molecule has 0 unspecified atom stereocenters. The van der Waals surface area contributed by atoms with Gasteiger partial charge in [0.2, 0.25) is 5.95 Å². The van der Waals surface area contributed by atoms with Crippen LogP contribution in [0.2, 0.25) is 5.02 Å². The Morgan fingerprint density at radius 3 is 2.66 bits per heavy atom. The Labute approximate surface area is 193 Å². The molecule has 0 aromatic carbocycles. The van der Waals surface area contributed by atoms with Crippen molar-refractivity contribution in [2.24, 2.45) is 7.05 Å². The van der Waals surface area contributed by atoms with E-state index >= 15 is 0 Å². The summed E-state index contributed by atoms with van der Waals surface area (Å²) in [6.07, 6.45) is 5.62. The van der Waals surface area contributed by atoms with E-state index in [0.29, 0.717) is 42.5 Å². The third-order valence-electron chi connectivity index (χ3n) is 5.63. The van der Waals surface area contributed by atoms with Crippen LogP contribution in [0.4, 0.5) is 5.95 Å². The third kappa shape index (κ3) is 5.15. The standard InChI is InChI=1S/C22H32ClN7O2/c1-4-12-31-13-7-14-32-18-15-17(23)16(2)30-21(18)24-19(26-30)8-9-20-25-22(27-28(20)3)29-10-5-6-11-29/h15H,4-14H2,1-3H3. The van der Waals surface area contributed by atoms with E-state index in [1.54, 1.807) is 4.52 Å². The van der Waals surface area contributed by atoms with Crippen molar-refractivity contribution < 1.29 is 9.47 Å². The van der Waals surface area contributed by atoms with Crippen molar-refractivity contribution >= 4 is 23.2 Å². The molecule has 3 aromatic heterocycles. The first-order valence-electron chi connectivity index (χ1n) is 11.5. The van der Waals surface area contributed by atoms with Crippen LogP contribution < -0.4 is 9.64 Å².